The Morgan fingerprint density at radius 1 is 1.15 bits per heavy atom. The monoisotopic (exact) mass is 271 g/mol. The van der Waals surface area contributed by atoms with Crippen molar-refractivity contribution in [2.75, 3.05) is 5.73 Å². The lowest BCUT2D eigenvalue weighted by atomic mass is 10.2. The molecule has 0 fully saturated rings. The van der Waals surface area contributed by atoms with E-state index in [9.17, 15) is 0 Å². The van der Waals surface area contributed by atoms with Crippen LogP contribution in [0.4, 0.5) is 5.82 Å². The van der Waals surface area contributed by atoms with Gasteiger partial charge in [0.15, 0.2) is 0 Å². The number of aryl methyl sites for hydroxylation is 1. The molecule has 2 rings (SSSR count). The Morgan fingerprint density at radius 3 is 2.35 bits per heavy atom. The lowest BCUT2D eigenvalue weighted by Gasteiger charge is -2.12. The Morgan fingerprint density at radius 2 is 1.80 bits per heavy atom. The third kappa shape index (κ3) is 3.07. The Bertz CT molecular complexity index is 591. The van der Waals surface area contributed by atoms with Gasteiger partial charge in [0.1, 0.15) is 17.4 Å². The normalized spacial score (nSPS) is 10.8. The summed E-state index contributed by atoms with van der Waals surface area (Å²) < 4.78 is 5.85. The van der Waals surface area contributed by atoms with Gasteiger partial charge in [-0.3, -0.25) is 0 Å². The van der Waals surface area contributed by atoms with Crippen LogP contribution in [0, 0.1) is 6.92 Å². The number of nitrogens with two attached hydrogens (primary N) is 1. The van der Waals surface area contributed by atoms with Crippen LogP contribution in [0.5, 0.6) is 11.6 Å². The largest absolute Gasteiger partial charge is 0.439 e. The van der Waals surface area contributed by atoms with Gasteiger partial charge in [-0.25, -0.2) is 4.98 Å². The van der Waals surface area contributed by atoms with Crippen LogP contribution < -0.4 is 10.5 Å². The van der Waals surface area contributed by atoms with Crippen molar-refractivity contribution >= 4 is 5.82 Å². The molecule has 0 amide bonds. The molecule has 2 N–H and O–H groups in total. The molecule has 20 heavy (non-hydrogen) atoms. The van der Waals surface area contributed by atoms with Gasteiger partial charge in [-0.15, -0.1) is 0 Å². The molecule has 0 spiro atoms. The fourth-order valence-electron chi connectivity index (χ4n) is 1.79. The molecule has 1 heterocycles. The average Bonchev–Trinajstić information content (AvgIpc) is 2.44. The van der Waals surface area contributed by atoms with Gasteiger partial charge in [0.25, 0.3) is 0 Å². The van der Waals surface area contributed by atoms with E-state index in [1.807, 2.05) is 32.9 Å². The molecule has 4 heteroatoms. The molecule has 1 aromatic heterocycles. The summed E-state index contributed by atoms with van der Waals surface area (Å²) in [5.41, 5.74) is 7.98. The highest BCUT2D eigenvalue weighted by molar-refractivity contribution is 5.46. The van der Waals surface area contributed by atoms with E-state index in [0.717, 1.165) is 17.7 Å². The quantitative estimate of drug-likeness (QED) is 0.917. The molecular formula is C16H21N3O. The molecule has 0 saturated heterocycles. The zero-order valence-electron chi connectivity index (χ0n) is 12.5. The molecular weight excluding hydrogens is 250 g/mol. The molecule has 0 aliphatic rings. The summed E-state index contributed by atoms with van der Waals surface area (Å²) in [7, 11) is 0. The maximum atomic E-state index is 5.93. The first-order valence-corrected chi connectivity index (χ1v) is 6.92. The number of nitrogen functional groups attached to an aromatic ring is 1. The molecule has 0 unspecified atom stereocenters. The molecule has 0 aliphatic carbocycles. The second-order valence-electron chi connectivity index (χ2n) is 5.15. The number of rotatable bonds is 4. The van der Waals surface area contributed by atoms with Crippen molar-refractivity contribution in [1.29, 1.82) is 0 Å². The summed E-state index contributed by atoms with van der Waals surface area (Å²) in [6.07, 6.45) is 1.01. The smallest absolute Gasteiger partial charge is 0.227 e. The van der Waals surface area contributed by atoms with Crippen molar-refractivity contribution in [2.45, 2.75) is 40.0 Å². The lowest BCUT2D eigenvalue weighted by molar-refractivity contribution is 0.453. The van der Waals surface area contributed by atoms with Gasteiger partial charge >= 0.3 is 0 Å². The zero-order valence-corrected chi connectivity index (χ0v) is 12.5. The maximum Gasteiger partial charge on any atom is 0.227 e. The molecule has 0 radical (unpaired) electrons. The number of ether oxygens (including phenoxy) is 1. The van der Waals surface area contributed by atoms with Crippen LogP contribution in [0.2, 0.25) is 0 Å². The van der Waals surface area contributed by atoms with Crippen LogP contribution >= 0.6 is 0 Å². The molecule has 0 bridgehead atoms. The van der Waals surface area contributed by atoms with Crippen molar-refractivity contribution < 1.29 is 4.74 Å². The highest BCUT2D eigenvalue weighted by Crippen LogP contribution is 2.27. The minimum absolute atomic E-state index is 0.211. The minimum Gasteiger partial charge on any atom is -0.439 e. The summed E-state index contributed by atoms with van der Waals surface area (Å²) in [4.78, 5) is 8.75. The molecule has 0 saturated carbocycles. The first-order valence-electron chi connectivity index (χ1n) is 6.92. The Labute approximate surface area is 120 Å². The predicted molar refractivity (Wildman–Crippen MR) is 81.2 cm³/mol. The van der Waals surface area contributed by atoms with Crippen molar-refractivity contribution in [2.24, 2.45) is 0 Å². The van der Waals surface area contributed by atoms with Crippen molar-refractivity contribution in [3.8, 4) is 11.6 Å². The topological polar surface area (TPSA) is 61.0 Å². The summed E-state index contributed by atoms with van der Waals surface area (Å²) in [5.74, 6) is 2.68. The Kier molecular flexibility index (Phi) is 4.23. The van der Waals surface area contributed by atoms with Crippen LogP contribution in [0.1, 0.15) is 43.6 Å². The van der Waals surface area contributed by atoms with Gasteiger partial charge < -0.3 is 10.5 Å². The minimum atomic E-state index is 0.211. The van der Waals surface area contributed by atoms with Crippen molar-refractivity contribution in [1.82, 2.24) is 9.97 Å². The first-order chi connectivity index (χ1) is 9.51. The summed E-state index contributed by atoms with van der Waals surface area (Å²) in [6.45, 7) is 8.06. The third-order valence-electron chi connectivity index (χ3n) is 3.22. The van der Waals surface area contributed by atoms with E-state index in [4.69, 9.17) is 10.5 Å². The number of aromatic nitrogens is 2. The number of hydrogen-bond acceptors (Lipinski definition) is 4. The van der Waals surface area contributed by atoms with E-state index in [0.29, 0.717) is 17.5 Å². The highest BCUT2D eigenvalue weighted by Gasteiger charge is 2.13. The fraction of sp³-hybridized carbons (Fsp3) is 0.375. The third-order valence-corrected chi connectivity index (χ3v) is 3.22. The summed E-state index contributed by atoms with van der Waals surface area (Å²) in [5, 5.41) is 0. The zero-order chi connectivity index (χ0) is 14.7. The number of nitrogens with zero attached hydrogens (tertiary/aromatic N) is 2. The van der Waals surface area contributed by atoms with Gasteiger partial charge in [-0.1, -0.05) is 32.9 Å². The lowest BCUT2D eigenvalue weighted by Crippen LogP contribution is -2.06. The molecule has 4 nitrogen and oxygen atoms in total. The van der Waals surface area contributed by atoms with Crippen LogP contribution in [0.3, 0.4) is 0 Å². The number of benzene rings is 1. The van der Waals surface area contributed by atoms with Gasteiger partial charge in [0.05, 0.1) is 5.56 Å². The van der Waals surface area contributed by atoms with Crippen LogP contribution in [-0.2, 0) is 6.42 Å². The molecule has 0 atom stereocenters. The second-order valence-corrected chi connectivity index (χ2v) is 5.15. The van der Waals surface area contributed by atoms with Gasteiger partial charge in [0, 0.05) is 5.92 Å². The van der Waals surface area contributed by atoms with E-state index < -0.39 is 0 Å². The van der Waals surface area contributed by atoms with Crippen LogP contribution in [-0.4, -0.2) is 9.97 Å². The summed E-state index contributed by atoms with van der Waals surface area (Å²) >= 11 is 0. The number of hydrogen-bond donors (Lipinski definition) is 1. The molecule has 106 valence electrons. The van der Waals surface area contributed by atoms with Gasteiger partial charge in [-0.2, -0.15) is 4.98 Å². The highest BCUT2D eigenvalue weighted by atomic mass is 16.5. The molecule has 0 aliphatic heterocycles. The van der Waals surface area contributed by atoms with E-state index in [2.05, 4.69) is 29.0 Å². The predicted octanol–water partition coefficient (Wildman–Crippen LogP) is 3.85. The second kappa shape index (κ2) is 5.90. The molecule has 1 aromatic carbocycles. The Hall–Kier alpha value is -2.10. The van der Waals surface area contributed by atoms with E-state index in [1.54, 1.807) is 0 Å². The van der Waals surface area contributed by atoms with Gasteiger partial charge in [0.2, 0.25) is 5.88 Å². The van der Waals surface area contributed by atoms with E-state index in [1.165, 1.54) is 5.56 Å². The fourth-order valence-corrected chi connectivity index (χ4v) is 1.79. The van der Waals surface area contributed by atoms with E-state index >= 15 is 0 Å². The maximum absolute atomic E-state index is 5.93. The first kappa shape index (κ1) is 14.3. The van der Waals surface area contributed by atoms with E-state index in [-0.39, 0.29) is 5.92 Å². The average molecular weight is 271 g/mol. The van der Waals surface area contributed by atoms with Crippen molar-refractivity contribution in [3.63, 3.8) is 0 Å². The molecule has 2 aromatic rings. The van der Waals surface area contributed by atoms with Crippen LogP contribution in [0.25, 0.3) is 0 Å². The van der Waals surface area contributed by atoms with Gasteiger partial charge in [-0.05, 0) is 31.0 Å². The van der Waals surface area contributed by atoms with Crippen LogP contribution in [0.15, 0.2) is 24.3 Å². The van der Waals surface area contributed by atoms with Crippen molar-refractivity contribution in [3.05, 3.63) is 41.2 Å². The Balaban J connectivity index is 2.31. The standard InChI is InChI=1S/C16H21N3O/c1-5-12-6-8-13(9-7-12)20-16-11(4)14(17)18-15(19-16)10(2)3/h6-10H,5H2,1-4H3,(H2,17,18,19). The summed E-state index contributed by atoms with van der Waals surface area (Å²) in [6, 6.07) is 8.01. The number of anilines is 1. The SMILES string of the molecule is CCc1ccc(Oc2nc(C(C)C)nc(N)c2C)cc1.